The van der Waals surface area contributed by atoms with Crippen LogP contribution in [-0.2, 0) is 6.42 Å². The third kappa shape index (κ3) is 3.35. The van der Waals surface area contributed by atoms with Crippen LogP contribution in [0.1, 0.15) is 36.6 Å². The number of aromatic nitrogens is 1. The number of hydrogen-bond donors (Lipinski definition) is 2. The second kappa shape index (κ2) is 5.14. The molecule has 18 heavy (non-hydrogen) atoms. The van der Waals surface area contributed by atoms with E-state index in [9.17, 15) is 18.0 Å². The predicted molar refractivity (Wildman–Crippen MR) is 61.4 cm³/mol. The predicted octanol–water partition coefficient (Wildman–Crippen LogP) is 2.29. The molecule has 0 saturated carbocycles. The highest BCUT2D eigenvalue weighted by atomic mass is 19.4. The molecule has 0 saturated heterocycles. The van der Waals surface area contributed by atoms with Crippen LogP contribution in [0, 0.1) is 0 Å². The first kappa shape index (κ1) is 13.1. The first-order valence-electron chi connectivity index (χ1n) is 5.98. The van der Waals surface area contributed by atoms with Crippen molar-refractivity contribution in [3.05, 3.63) is 33.7 Å². The Kier molecular flexibility index (Phi) is 3.75. The van der Waals surface area contributed by atoms with Crippen LogP contribution in [0.25, 0.3) is 0 Å². The number of halogens is 3. The summed E-state index contributed by atoms with van der Waals surface area (Å²) < 4.78 is 36.2. The van der Waals surface area contributed by atoms with Crippen molar-refractivity contribution in [2.75, 3.05) is 6.54 Å². The minimum atomic E-state index is -4.13. The summed E-state index contributed by atoms with van der Waals surface area (Å²) in [5, 5.41) is 2.91. The average molecular weight is 260 g/mol. The van der Waals surface area contributed by atoms with Gasteiger partial charge in [-0.25, -0.2) is 0 Å². The molecule has 0 aromatic carbocycles. The maximum Gasteiger partial charge on any atom is 0.390 e. The number of hydrogen-bond acceptors (Lipinski definition) is 2. The van der Waals surface area contributed by atoms with Gasteiger partial charge in [0.15, 0.2) is 0 Å². The minimum absolute atomic E-state index is 0.0899. The maximum absolute atomic E-state index is 12.1. The largest absolute Gasteiger partial charge is 0.390 e. The molecular formula is C12H15F3N2O. The number of aryl methyl sites for hydroxylation is 1. The Morgan fingerprint density at radius 1 is 1.39 bits per heavy atom. The van der Waals surface area contributed by atoms with Crippen LogP contribution in [-0.4, -0.2) is 17.7 Å². The molecule has 2 N–H and O–H groups in total. The highest BCUT2D eigenvalue weighted by Gasteiger charge is 2.27. The molecule has 1 unspecified atom stereocenters. The molecule has 100 valence electrons. The molecule has 0 aliphatic heterocycles. The highest BCUT2D eigenvalue weighted by Crippen LogP contribution is 2.28. The number of rotatable bonds is 3. The van der Waals surface area contributed by atoms with Crippen molar-refractivity contribution in [1.29, 1.82) is 0 Å². The zero-order chi connectivity index (χ0) is 13.2. The molecule has 6 heteroatoms. The van der Waals surface area contributed by atoms with Crippen LogP contribution in [0.4, 0.5) is 13.2 Å². The zero-order valence-electron chi connectivity index (χ0n) is 9.81. The lowest BCUT2D eigenvalue weighted by molar-refractivity contribution is -0.133. The molecule has 1 aromatic heterocycles. The van der Waals surface area contributed by atoms with Crippen LogP contribution in [0.15, 0.2) is 16.9 Å². The average Bonchev–Trinajstić information content (AvgIpc) is 2.27. The topological polar surface area (TPSA) is 44.9 Å². The van der Waals surface area contributed by atoms with Crippen molar-refractivity contribution < 1.29 is 13.2 Å². The van der Waals surface area contributed by atoms with E-state index in [-0.39, 0.29) is 18.1 Å². The number of fused-ring (bicyclic) bond motifs is 1. The van der Waals surface area contributed by atoms with Crippen molar-refractivity contribution in [3.8, 4) is 0 Å². The van der Waals surface area contributed by atoms with Gasteiger partial charge >= 0.3 is 6.18 Å². The summed E-state index contributed by atoms with van der Waals surface area (Å²) in [6, 6.07) is 3.04. The summed E-state index contributed by atoms with van der Waals surface area (Å²) >= 11 is 0. The summed E-state index contributed by atoms with van der Waals surface area (Å²) in [5.74, 6) is 0. The standard InChI is InChI=1S/C12H15F3N2O/c13-12(14,15)6-7-16-9-2-1-3-10-8(9)4-5-11(18)17-10/h4-5,9,16H,1-3,6-7H2,(H,17,18). The molecule has 2 rings (SSSR count). The van der Waals surface area contributed by atoms with Crippen molar-refractivity contribution in [3.63, 3.8) is 0 Å². The number of H-pyrrole nitrogens is 1. The highest BCUT2D eigenvalue weighted by molar-refractivity contribution is 5.26. The quantitative estimate of drug-likeness (QED) is 0.875. The second-order valence-corrected chi connectivity index (χ2v) is 4.52. The molecule has 1 aliphatic carbocycles. The van der Waals surface area contributed by atoms with E-state index >= 15 is 0 Å². The smallest absolute Gasteiger partial charge is 0.326 e. The Hall–Kier alpha value is -1.30. The van der Waals surface area contributed by atoms with Gasteiger partial charge in [0.2, 0.25) is 5.56 Å². The van der Waals surface area contributed by atoms with Crippen LogP contribution in [0.3, 0.4) is 0 Å². The molecule has 1 aromatic rings. The number of aromatic amines is 1. The number of alkyl halides is 3. The van der Waals surface area contributed by atoms with Gasteiger partial charge < -0.3 is 10.3 Å². The van der Waals surface area contributed by atoms with Crippen LogP contribution >= 0.6 is 0 Å². The van der Waals surface area contributed by atoms with Gasteiger partial charge in [-0.1, -0.05) is 6.07 Å². The van der Waals surface area contributed by atoms with E-state index in [1.165, 1.54) is 6.07 Å². The van der Waals surface area contributed by atoms with Gasteiger partial charge in [0.05, 0.1) is 6.42 Å². The SMILES string of the molecule is O=c1ccc2c([nH]1)CCCC2NCCC(F)(F)F. The molecule has 0 radical (unpaired) electrons. The normalized spacial score (nSPS) is 19.6. The van der Waals surface area contributed by atoms with Crippen molar-refractivity contribution in [1.82, 2.24) is 10.3 Å². The molecule has 0 spiro atoms. The summed E-state index contributed by atoms with van der Waals surface area (Å²) in [5.41, 5.74) is 1.60. The first-order valence-corrected chi connectivity index (χ1v) is 5.98. The summed E-state index contributed by atoms with van der Waals surface area (Å²) in [4.78, 5) is 13.9. The number of nitrogens with one attached hydrogen (secondary N) is 2. The van der Waals surface area contributed by atoms with Crippen LogP contribution < -0.4 is 10.9 Å². The van der Waals surface area contributed by atoms with Gasteiger partial charge in [-0.2, -0.15) is 13.2 Å². The van der Waals surface area contributed by atoms with Crippen molar-refractivity contribution in [2.24, 2.45) is 0 Å². The Morgan fingerprint density at radius 2 is 2.17 bits per heavy atom. The molecule has 0 amide bonds. The fraction of sp³-hybridized carbons (Fsp3) is 0.583. The van der Waals surface area contributed by atoms with E-state index in [0.29, 0.717) is 0 Å². The minimum Gasteiger partial charge on any atom is -0.326 e. The third-order valence-electron chi connectivity index (χ3n) is 3.13. The van der Waals surface area contributed by atoms with Gasteiger partial charge in [-0.3, -0.25) is 4.79 Å². The van der Waals surface area contributed by atoms with Gasteiger partial charge in [0.1, 0.15) is 0 Å². The second-order valence-electron chi connectivity index (χ2n) is 4.52. The van der Waals surface area contributed by atoms with Crippen molar-refractivity contribution in [2.45, 2.75) is 37.9 Å². The molecule has 0 fully saturated rings. The van der Waals surface area contributed by atoms with Gasteiger partial charge in [-0.05, 0) is 24.8 Å². The summed E-state index contributed by atoms with van der Waals surface area (Å²) in [7, 11) is 0. The van der Waals surface area contributed by atoms with Crippen molar-refractivity contribution >= 4 is 0 Å². The summed E-state index contributed by atoms with van der Waals surface area (Å²) in [6.45, 7) is -0.0905. The third-order valence-corrected chi connectivity index (χ3v) is 3.13. The Balaban J connectivity index is 2.02. The van der Waals surface area contributed by atoms with Gasteiger partial charge in [0, 0.05) is 24.3 Å². The zero-order valence-corrected chi connectivity index (χ0v) is 9.81. The van der Waals surface area contributed by atoms with E-state index in [0.717, 1.165) is 30.5 Å². The Labute approximate surface area is 102 Å². The van der Waals surface area contributed by atoms with E-state index < -0.39 is 12.6 Å². The first-order chi connectivity index (χ1) is 8.46. The Morgan fingerprint density at radius 3 is 2.89 bits per heavy atom. The van der Waals surface area contributed by atoms with E-state index in [4.69, 9.17) is 0 Å². The van der Waals surface area contributed by atoms with Crippen LogP contribution in [0.5, 0.6) is 0 Å². The lowest BCUT2D eigenvalue weighted by Crippen LogP contribution is -2.30. The van der Waals surface area contributed by atoms with E-state index in [2.05, 4.69) is 10.3 Å². The monoisotopic (exact) mass is 260 g/mol. The molecule has 1 heterocycles. The number of pyridine rings is 1. The maximum atomic E-state index is 12.1. The molecule has 3 nitrogen and oxygen atoms in total. The molecule has 1 aliphatic rings. The fourth-order valence-corrected chi connectivity index (χ4v) is 2.30. The Bertz CT molecular complexity index is 467. The molecule has 0 bridgehead atoms. The van der Waals surface area contributed by atoms with Gasteiger partial charge in [-0.15, -0.1) is 0 Å². The molecular weight excluding hydrogens is 245 g/mol. The van der Waals surface area contributed by atoms with Gasteiger partial charge in [0.25, 0.3) is 0 Å². The molecule has 1 atom stereocenters. The van der Waals surface area contributed by atoms with E-state index in [1.807, 2.05) is 0 Å². The van der Waals surface area contributed by atoms with Crippen LogP contribution in [0.2, 0.25) is 0 Å². The summed E-state index contributed by atoms with van der Waals surface area (Å²) in [6.07, 6.45) is -2.51. The fourth-order valence-electron chi connectivity index (χ4n) is 2.30. The lowest BCUT2D eigenvalue weighted by Gasteiger charge is -2.26. The lowest BCUT2D eigenvalue weighted by atomic mass is 9.91. The van der Waals surface area contributed by atoms with E-state index in [1.54, 1.807) is 6.07 Å².